The van der Waals surface area contributed by atoms with Crippen LogP contribution in [0.25, 0.3) is 0 Å². The molecule has 5 nitrogen and oxygen atoms in total. The number of hydrogen-bond acceptors (Lipinski definition) is 4. The van der Waals surface area contributed by atoms with Gasteiger partial charge < -0.3 is 20.5 Å². The third-order valence-electron chi connectivity index (χ3n) is 3.57. The van der Waals surface area contributed by atoms with Gasteiger partial charge in [-0.05, 0) is 46.8 Å². The van der Waals surface area contributed by atoms with E-state index in [1.165, 1.54) is 12.1 Å². The Kier molecular flexibility index (Phi) is 4.57. The average Bonchev–Trinajstić information content (AvgIpc) is 2.70. The molecule has 1 aliphatic heterocycles. The second kappa shape index (κ2) is 6.00. The molecular formula is C17H25FN2O3. The van der Waals surface area contributed by atoms with Gasteiger partial charge in [0.15, 0.2) is 0 Å². The Morgan fingerprint density at radius 1 is 1.52 bits per heavy atom. The molecule has 128 valence electrons. The Bertz CT molecular complexity index is 611. The topological polar surface area (TPSA) is 73.6 Å². The highest BCUT2D eigenvalue weighted by molar-refractivity contribution is 5.67. The molecule has 0 spiro atoms. The SMILES string of the molecule is C[C@@H](N)c1cc(F)cc2c1O[C@@](C)(CNC(=O)OC(C)(C)C)C2. The van der Waals surface area contributed by atoms with E-state index in [0.717, 1.165) is 5.56 Å². The summed E-state index contributed by atoms with van der Waals surface area (Å²) in [5.41, 5.74) is 6.09. The first-order valence-corrected chi connectivity index (χ1v) is 7.73. The molecule has 1 aromatic rings. The Morgan fingerprint density at radius 3 is 2.74 bits per heavy atom. The van der Waals surface area contributed by atoms with E-state index >= 15 is 0 Å². The van der Waals surface area contributed by atoms with Crippen molar-refractivity contribution in [2.75, 3.05) is 6.54 Å². The summed E-state index contributed by atoms with van der Waals surface area (Å²) in [4.78, 5) is 11.8. The summed E-state index contributed by atoms with van der Waals surface area (Å²) < 4.78 is 25.0. The number of benzene rings is 1. The number of carbonyl (C=O) groups is 1. The van der Waals surface area contributed by atoms with E-state index in [0.29, 0.717) is 17.7 Å². The van der Waals surface area contributed by atoms with Crippen LogP contribution in [0.15, 0.2) is 12.1 Å². The summed E-state index contributed by atoms with van der Waals surface area (Å²) in [6.45, 7) is 9.31. The average molecular weight is 324 g/mol. The van der Waals surface area contributed by atoms with E-state index in [1.807, 2.05) is 6.92 Å². The zero-order valence-electron chi connectivity index (χ0n) is 14.3. The van der Waals surface area contributed by atoms with Crippen molar-refractivity contribution in [3.8, 4) is 5.75 Å². The van der Waals surface area contributed by atoms with Gasteiger partial charge in [-0.15, -0.1) is 0 Å². The highest BCUT2D eigenvalue weighted by Gasteiger charge is 2.37. The minimum atomic E-state index is -0.656. The van der Waals surface area contributed by atoms with Gasteiger partial charge in [0, 0.05) is 23.6 Å². The predicted molar refractivity (Wildman–Crippen MR) is 86.0 cm³/mol. The number of nitrogens with two attached hydrogens (primary N) is 1. The van der Waals surface area contributed by atoms with Crippen LogP contribution in [-0.4, -0.2) is 23.8 Å². The van der Waals surface area contributed by atoms with Crippen LogP contribution in [0.3, 0.4) is 0 Å². The molecule has 2 rings (SSSR count). The zero-order valence-corrected chi connectivity index (χ0v) is 14.3. The molecule has 0 saturated carbocycles. The molecule has 0 aromatic heterocycles. The molecule has 0 bridgehead atoms. The number of carbonyl (C=O) groups excluding carboxylic acids is 1. The summed E-state index contributed by atoms with van der Waals surface area (Å²) >= 11 is 0. The lowest BCUT2D eigenvalue weighted by molar-refractivity contribution is 0.0447. The first-order chi connectivity index (χ1) is 10.5. The summed E-state index contributed by atoms with van der Waals surface area (Å²) in [5.74, 6) is 0.291. The lowest BCUT2D eigenvalue weighted by Gasteiger charge is -2.26. The highest BCUT2D eigenvalue weighted by Crippen LogP contribution is 2.40. The number of nitrogens with one attached hydrogen (secondary N) is 1. The predicted octanol–water partition coefficient (Wildman–Crippen LogP) is 3.06. The molecule has 1 heterocycles. The summed E-state index contributed by atoms with van der Waals surface area (Å²) in [6.07, 6.45) is -0.00724. The lowest BCUT2D eigenvalue weighted by atomic mass is 9.97. The minimum absolute atomic E-state index is 0.261. The summed E-state index contributed by atoms with van der Waals surface area (Å²) in [5, 5.41) is 2.71. The van der Waals surface area contributed by atoms with Gasteiger partial charge in [0.25, 0.3) is 0 Å². The van der Waals surface area contributed by atoms with Crippen LogP contribution in [0, 0.1) is 5.82 Å². The van der Waals surface area contributed by atoms with E-state index in [4.69, 9.17) is 15.2 Å². The molecule has 1 amide bonds. The molecule has 23 heavy (non-hydrogen) atoms. The van der Waals surface area contributed by atoms with Crippen LogP contribution >= 0.6 is 0 Å². The standard InChI is InChI=1S/C17H25FN2O3/c1-10(19)13-7-12(18)6-11-8-17(5,22-14(11)13)9-20-15(21)23-16(2,3)4/h6-7,10H,8-9,19H2,1-5H3,(H,20,21)/t10-,17-/m1/s1. The van der Waals surface area contributed by atoms with Crippen molar-refractivity contribution < 1.29 is 18.7 Å². The monoisotopic (exact) mass is 324 g/mol. The smallest absolute Gasteiger partial charge is 0.407 e. The van der Waals surface area contributed by atoms with Gasteiger partial charge in [-0.25, -0.2) is 9.18 Å². The number of amides is 1. The second-order valence-electron chi connectivity index (χ2n) is 7.36. The lowest BCUT2D eigenvalue weighted by Crippen LogP contribution is -2.45. The van der Waals surface area contributed by atoms with Gasteiger partial charge in [0.1, 0.15) is 22.8 Å². The molecule has 1 aliphatic rings. The van der Waals surface area contributed by atoms with Crippen molar-refractivity contribution in [3.63, 3.8) is 0 Å². The van der Waals surface area contributed by atoms with Crippen molar-refractivity contribution in [1.29, 1.82) is 0 Å². The Hall–Kier alpha value is -1.82. The van der Waals surface area contributed by atoms with Crippen molar-refractivity contribution >= 4 is 6.09 Å². The summed E-state index contributed by atoms with van der Waals surface area (Å²) in [7, 11) is 0. The van der Waals surface area contributed by atoms with Crippen LogP contribution < -0.4 is 15.8 Å². The maximum absolute atomic E-state index is 13.7. The van der Waals surface area contributed by atoms with Gasteiger partial charge in [-0.1, -0.05) is 0 Å². The molecule has 6 heteroatoms. The fourth-order valence-corrected chi connectivity index (χ4v) is 2.62. The maximum atomic E-state index is 13.7. The van der Waals surface area contributed by atoms with Gasteiger partial charge >= 0.3 is 6.09 Å². The molecular weight excluding hydrogens is 299 g/mol. The van der Waals surface area contributed by atoms with Gasteiger partial charge in [0.2, 0.25) is 0 Å². The largest absolute Gasteiger partial charge is 0.485 e. The Balaban J connectivity index is 2.08. The van der Waals surface area contributed by atoms with Crippen molar-refractivity contribution in [1.82, 2.24) is 5.32 Å². The molecule has 0 aliphatic carbocycles. The quantitative estimate of drug-likeness (QED) is 0.896. The summed E-state index contributed by atoms with van der Waals surface area (Å²) in [6, 6.07) is 2.52. The number of ether oxygens (including phenoxy) is 2. The van der Waals surface area contributed by atoms with Crippen LogP contribution in [0.2, 0.25) is 0 Å². The van der Waals surface area contributed by atoms with E-state index in [1.54, 1.807) is 27.7 Å². The fourth-order valence-electron chi connectivity index (χ4n) is 2.62. The molecule has 0 unspecified atom stereocenters. The van der Waals surface area contributed by atoms with Gasteiger partial charge in [-0.3, -0.25) is 0 Å². The first kappa shape index (κ1) is 17.5. The number of hydrogen-bond donors (Lipinski definition) is 2. The molecule has 2 atom stereocenters. The normalized spacial score (nSPS) is 21.3. The maximum Gasteiger partial charge on any atom is 0.407 e. The van der Waals surface area contributed by atoms with Crippen LogP contribution in [0.5, 0.6) is 5.75 Å². The number of rotatable bonds is 3. The van der Waals surface area contributed by atoms with Crippen molar-refractivity contribution in [3.05, 3.63) is 29.1 Å². The number of halogens is 1. The molecule has 0 fully saturated rings. The van der Waals surface area contributed by atoms with Gasteiger partial charge in [0.05, 0.1) is 6.54 Å². The molecule has 3 N–H and O–H groups in total. The number of fused-ring (bicyclic) bond motifs is 1. The Labute approximate surface area is 136 Å². The minimum Gasteiger partial charge on any atom is -0.485 e. The third kappa shape index (κ3) is 4.34. The van der Waals surface area contributed by atoms with Crippen LogP contribution in [0.1, 0.15) is 51.8 Å². The Morgan fingerprint density at radius 2 is 2.17 bits per heavy atom. The second-order valence-corrected chi connectivity index (χ2v) is 7.36. The van der Waals surface area contributed by atoms with Crippen molar-refractivity contribution in [2.24, 2.45) is 5.73 Å². The molecule has 0 radical (unpaired) electrons. The van der Waals surface area contributed by atoms with E-state index in [9.17, 15) is 9.18 Å². The molecule has 0 saturated heterocycles. The van der Waals surface area contributed by atoms with E-state index in [-0.39, 0.29) is 18.4 Å². The number of alkyl carbamates (subject to hydrolysis) is 1. The van der Waals surface area contributed by atoms with E-state index < -0.39 is 17.3 Å². The van der Waals surface area contributed by atoms with Crippen molar-refractivity contribution in [2.45, 2.75) is 58.3 Å². The van der Waals surface area contributed by atoms with E-state index in [2.05, 4.69) is 5.32 Å². The first-order valence-electron chi connectivity index (χ1n) is 7.73. The highest BCUT2D eigenvalue weighted by atomic mass is 19.1. The van der Waals surface area contributed by atoms with Gasteiger partial charge in [-0.2, -0.15) is 0 Å². The van der Waals surface area contributed by atoms with Crippen LogP contribution in [0.4, 0.5) is 9.18 Å². The molecule has 1 aromatic carbocycles. The zero-order chi connectivity index (χ0) is 17.4. The van der Waals surface area contributed by atoms with Crippen LogP contribution in [-0.2, 0) is 11.2 Å². The fraction of sp³-hybridized carbons (Fsp3) is 0.588. The third-order valence-corrected chi connectivity index (χ3v) is 3.57.